The quantitative estimate of drug-likeness (QED) is 0.629. The summed E-state index contributed by atoms with van der Waals surface area (Å²) < 4.78 is 40.0. The molecule has 28 heavy (non-hydrogen) atoms. The van der Waals surface area contributed by atoms with E-state index in [2.05, 4.69) is 26.2 Å². The number of benzene rings is 1. The third-order valence-electron chi connectivity index (χ3n) is 4.87. The number of carbonyl (C=O) groups is 1. The van der Waals surface area contributed by atoms with Crippen LogP contribution in [0.1, 0.15) is 53.3 Å². The highest BCUT2D eigenvalue weighted by molar-refractivity contribution is 9.10. The van der Waals surface area contributed by atoms with E-state index in [1.165, 1.54) is 0 Å². The number of nitrogens with one attached hydrogen (secondary N) is 1. The van der Waals surface area contributed by atoms with Crippen LogP contribution < -0.4 is 5.32 Å². The molecule has 3 rings (SSSR count). The molecule has 0 spiro atoms. The zero-order valence-electron chi connectivity index (χ0n) is 14.6. The summed E-state index contributed by atoms with van der Waals surface area (Å²) in [5.74, 6) is -0.874. The monoisotopic (exact) mass is 476 g/mol. The molecule has 0 bridgehead atoms. The van der Waals surface area contributed by atoms with Gasteiger partial charge in [-0.25, -0.2) is 4.98 Å². The van der Waals surface area contributed by atoms with Gasteiger partial charge in [0.1, 0.15) is 5.69 Å². The first-order valence-electron chi connectivity index (χ1n) is 8.62. The smallest absolute Gasteiger partial charge is 0.387 e. The second kappa shape index (κ2) is 8.00. The number of aliphatic hydroxyl groups is 1. The Hall–Kier alpha value is -1.64. The van der Waals surface area contributed by atoms with Crippen LogP contribution in [0.4, 0.5) is 13.2 Å². The van der Waals surface area contributed by atoms with Crippen molar-refractivity contribution in [1.29, 1.82) is 0 Å². The molecular weight excluding hydrogens is 461 g/mol. The van der Waals surface area contributed by atoms with Crippen LogP contribution in [-0.2, 0) is 6.18 Å². The van der Waals surface area contributed by atoms with Crippen LogP contribution in [0.5, 0.6) is 0 Å². The Morgan fingerprint density at radius 1 is 1.29 bits per heavy atom. The summed E-state index contributed by atoms with van der Waals surface area (Å²) >= 11 is 9.18. The lowest BCUT2D eigenvalue weighted by molar-refractivity contribution is -0.137. The van der Waals surface area contributed by atoms with Crippen molar-refractivity contribution in [2.24, 2.45) is 0 Å². The second-order valence-corrected chi connectivity index (χ2v) is 8.08. The van der Waals surface area contributed by atoms with Gasteiger partial charge >= 0.3 is 6.18 Å². The average molecular weight is 478 g/mol. The summed E-state index contributed by atoms with van der Waals surface area (Å²) in [7, 11) is 0. The molecule has 1 aliphatic carbocycles. The molecule has 0 saturated heterocycles. The van der Waals surface area contributed by atoms with E-state index in [-0.39, 0.29) is 0 Å². The molecule has 2 N–H and O–H groups in total. The van der Waals surface area contributed by atoms with E-state index in [1.807, 2.05) is 0 Å². The third-order valence-corrected chi connectivity index (χ3v) is 5.75. The Bertz CT molecular complexity index is 886. The number of amides is 1. The number of carbonyl (C=O) groups excluding carboxylic acids is 1. The van der Waals surface area contributed by atoms with Crippen molar-refractivity contribution in [3.8, 4) is 0 Å². The normalized spacial score (nSPS) is 17.4. The first kappa shape index (κ1) is 21.1. The number of hydrogen-bond acceptors (Lipinski definition) is 3. The SMILES string of the molecule is O=C(N[C@H](c1cccc(Br)c1)C1(O)CCCC1)c1nccc(C(F)(F)F)c1Cl. The molecule has 1 aromatic heterocycles. The number of alkyl halides is 3. The van der Waals surface area contributed by atoms with Gasteiger partial charge in [-0.05, 0) is 36.6 Å². The van der Waals surface area contributed by atoms with Crippen molar-refractivity contribution in [1.82, 2.24) is 10.3 Å². The number of pyridine rings is 1. The molecule has 1 aliphatic rings. The maximum atomic E-state index is 13.1. The van der Waals surface area contributed by atoms with Crippen molar-refractivity contribution in [2.45, 2.75) is 43.5 Å². The summed E-state index contributed by atoms with van der Waals surface area (Å²) in [6, 6.07) is 6.95. The van der Waals surface area contributed by atoms with Gasteiger partial charge < -0.3 is 10.4 Å². The number of rotatable bonds is 4. The van der Waals surface area contributed by atoms with Gasteiger partial charge in [0.25, 0.3) is 5.91 Å². The first-order valence-corrected chi connectivity index (χ1v) is 9.79. The maximum absolute atomic E-state index is 13.1. The number of aromatic nitrogens is 1. The average Bonchev–Trinajstić information content (AvgIpc) is 3.06. The van der Waals surface area contributed by atoms with Crippen LogP contribution in [-0.4, -0.2) is 21.6 Å². The van der Waals surface area contributed by atoms with Crippen LogP contribution in [0, 0.1) is 0 Å². The molecule has 150 valence electrons. The molecule has 0 unspecified atom stereocenters. The standard InChI is InChI=1S/C19H17BrClF3N2O2/c20-12-5-3-4-11(10-12)16(18(28)7-1-2-8-18)26-17(27)15-14(21)13(6-9-25-15)19(22,23)24/h3-6,9-10,16,28H,1-2,7-8H2,(H,26,27)/t16-/m1/s1. The van der Waals surface area contributed by atoms with E-state index in [0.29, 0.717) is 18.4 Å². The predicted molar refractivity (Wildman–Crippen MR) is 102 cm³/mol. The van der Waals surface area contributed by atoms with Gasteiger partial charge in [0.2, 0.25) is 0 Å². The van der Waals surface area contributed by atoms with Gasteiger partial charge in [0.15, 0.2) is 0 Å². The lowest BCUT2D eigenvalue weighted by Crippen LogP contribution is -2.44. The Morgan fingerprint density at radius 3 is 2.57 bits per heavy atom. The van der Waals surface area contributed by atoms with Crippen LogP contribution in [0.2, 0.25) is 5.02 Å². The molecule has 1 fully saturated rings. The van der Waals surface area contributed by atoms with Crippen molar-refractivity contribution in [3.05, 3.63) is 62.8 Å². The van der Waals surface area contributed by atoms with E-state index in [1.54, 1.807) is 24.3 Å². The van der Waals surface area contributed by atoms with E-state index in [4.69, 9.17) is 11.6 Å². The van der Waals surface area contributed by atoms with Crippen LogP contribution >= 0.6 is 27.5 Å². The zero-order valence-corrected chi connectivity index (χ0v) is 16.9. The first-order chi connectivity index (χ1) is 13.1. The molecular formula is C19H17BrClF3N2O2. The van der Waals surface area contributed by atoms with E-state index in [0.717, 1.165) is 29.6 Å². The minimum atomic E-state index is -4.71. The Morgan fingerprint density at radius 2 is 1.96 bits per heavy atom. The van der Waals surface area contributed by atoms with E-state index >= 15 is 0 Å². The molecule has 1 aromatic carbocycles. The van der Waals surface area contributed by atoms with Crippen LogP contribution in [0.15, 0.2) is 41.0 Å². The van der Waals surface area contributed by atoms with Gasteiger partial charge in [0.05, 0.1) is 22.2 Å². The highest BCUT2D eigenvalue weighted by atomic mass is 79.9. The lowest BCUT2D eigenvalue weighted by Gasteiger charge is -2.34. The fourth-order valence-corrected chi connectivity index (χ4v) is 4.23. The van der Waals surface area contributed by atoms with Crippen molar-refractivity contribution < 1.29 is 23.1 Å². The fourth-order valence-electron chi connectivity index (χ4n) is 3.51. The van der Waals surface area contributed by atoms with Crippen LogP contribution in [0.3, 0.4) is 0 Å². The largest absolute Gasteiger partial charge is 0.417 e. The van der Waals surface area contributed by atoms with Gasteiger partial charge in [-0.15, -0.1) is 0 Å². The minimum Gasteiger partial charge on any atom is -0.387 e. The van der Waals surface area contributed by atoms with Crippen LogP contribution in [0.25, 0.3) is 0 Å². The minimum absolute atomic E-state index is 0.466. The molecule has 4 nitrogen and oxygen atoms in total. The van der Waals surface area contributed by atoms with Crippen molar-refractivity contribution >= 4 is 33.4 Å². The number of halogens is 5. The van der Waals surface area contributed by atoms with Gasteiger partial charge in [-0.1, -0.05) is 52.5 Å². The molecule has 1 atom stereocenters. The highest BCUT2D eigenvalue weighted by Crippen LogP contribution is 2.41. The summed E-state index contributed by atoms with van der Waals surface area (Å²) in [5.41, 5.74) is -2.23. The Labute approximate surface area is 173 Å². The molecule has 1 heterocycles. The molecule has 2 aromatic rings. The summed E-state index contributed by atoms with van der Waals surface area (Å²) in [6.07, 6.45) is -1.30. The molecule has 0 radical (unpaired) electrons. The van der Waals surface area contributed by atoms with E-state index in [9.17, 15) is 23.1 Å². The topological polar surface area (TPSA) is 62.2 Å². The summed E-state index contributed by atoms with van der Waals surface area (Å²) in [4.78, 5) is 16.5. The van der Waals surface area contributed by atoms with E-state index < -0.39 is 40.0 Å². The Kier molecular flexibility index (Phi) is 6.03. The van der Waals surface area contributed by atoms with Gasteiger partial charge in [0, 0.05) is 10.7 Å². The summed E-state index contributed by atoms with van der Waals surface area (Å²) in [6.45, 7) is 0. The fraction of sp³-hybridized carbons (Fsp3) is 0.368. The lowest BCUT2D eigenvalue weighted by atomic mass is 9.87. The number of hydrogen-bond donors (Lipinski definition) is 2. The van der Waals surface area contributed by atoms with Crippen molar-refractivity contribution in [3.63, 3.8) is 0 Å². The molecule has 0 aliphatic heterocycles. The zero-order chi connectivity index (χ0) is 20.5. The number of nitrogens with zero attached hydrogens (tertiary/aromatic N) is 1. The predicted octanol–water partition coefficient (Wildman–Crippen LogP) is 5.29. The van der Waals surface area contributed by atoms with Gasteiger partial charge in [-0.3, -0.25) is 4.79 Å². The third kappa shape index (κ3) is 4.34. The Balaban J connectivity index is 1.97. The maximum Gasteiger partial charge on any atom is 0.417 e. The molecule has 9 heteroatoms. The highest BCUT2D eigenvalue weighted by Gasteiger charge is 2.42. The second-order valence-electron chi connectivity index (χ2n) is 6.79. The van der Waals surface area contributed by atoms with Gasteiger partial charge in [-0.2, -0.15) is 13.2 Å². The molecule has 1 amide bonds. The summed E-state index contributed by atoms with van der Waals surface area (Å²) in [5, 5.41) is 13.0. The van der Waals surface area contributed by atoms with Crippen molar-refractivity contribution in [2.75, 3.05) is 0 Å². The molecule has 1 saturated carbocycles.